The molecule has 0 saturated carbocycles. The zero-order valence-corrected chi connectivity index (χ0v) is 22.8. The first-order chi connectivity index (χ1) is 20.4. The van der Waals surface area contributed by atoms with E-state index in [9.17, 15) is 18.8 Å². The number of hydrogen-bond donors (Lipinski definition) is 2. The number of aromatic nitrogens is 1. The summed E-state index contributed by atoms with van der Waals surface area (Å²) < 4.78 is 13.9. The topological polar surface area (TPSA) is 85.5 Å². The molecule has 7 rings (SSSR count). The number of imide groups is 1. The number of aromatic amines is 1. The number of rotatable bonds is 5. The van der Waals surface area contributed by atoms with Crippen LogP contribution in [0, 0.1) is 12.7 Å². The zero-order chi connectivity index (χ0) is 29.0. The molecule has 7 nitrogen and oxygen atoms in total. The van der Waals surface area contributed by atoms with Crippen molar-refractivity contribution in [1.82, 2.24) is 15.2 Å². The summed E-state index contributed by atoms with van der Waals surface area (Å²) in [5, 5.41) is 3.77. The molecule has 4 amide bonds. The molecular weight excluding hydrogens is 531 g/mol. The number of fused-ring (bicyclic) bond motifs is 4. The number of urea groups is 1. The van der Waals surface area contributed by atoms with Crippen LogP contribution in [0.25, 0.3) is 10.9 Å². The predicted molar refractivity (Wildman–Crippen MR) is 158 cm³/mol. The molecule has 2 atom stereocenters. The molecule has 0 bridgehead atoms. The second-order valence-corrected chi connectivity index (χ2v) is 10.7. The molecule has 1 saturated heterocycles. The molecule has 1 fully saturated rings. The van der Waals surface area contributed by atoms with E-state index in [1.165, 1.54) is 11.0 Å². The third-order valence-corrected chi connectivity index (χ3v) is 8.32. The number of amides is 4. The Balaban J connectivity index is 1.20. The third kappa shape index (κ3) is 4.06. The van der Waals surface area contributed by atoms with E-state index in [-0.39, 0.29) is 24.2 Å². The molecule has 0 aliphatic carbocycles. The quantitative estimate of drug-likeness (QED) is 0.259. The first-order valence-corrected chi connectivity index (χ1v) is 13.9. The number of anilines is 1. The monoisotopic (exact) mass is 558 g/mol. The molecule has 1 aromatic heterocycles. The molecule has 0 spiro atoms. The van der Waals surface area contributed by atoms with Crippen LogP contribution in [0.2, 0.25) is 0 Å². The van der Waals surface area contributed by atoms with Crippen molar-refractivity contribution in [2.45, 2.75) is 32.0 Å². The molecule has 5 aromatic rings. The normalized spacial score (nSPS) is 17.9. The first kappa shape index (κ1) is 25.7. The van der Waals surface area contributed by atoms with Gasteiger partial charge in [0.1, 0.15) is 17.9 Å². The highest BCUT2D eigenvalue weighted by molar-refractivity contribution is 6.22. The van der Waals surface area contributed by atoms with Crippen molar-refractivity contribution < 1.29 is 18.8 Å². The van der Waals surface area contributed by atoms with Crippen molar-refractivity contribution in [3.8, 4) is 0 Å². The van der Waals surface area contributed by atoms with Gasteiger partial charge in [-0.2, -0.15) is 0 Å². The summed E-state index contributed by atoms with van der Waals surface area (Å²) in [5.41, 5.74) is 6.04. The van der Waals surface area contributed by atoms with E-state index in [0.29, 0.717) is 23.2 Å². The number of nitrogens with one attached hydrogen (secondary N) is 2. The van der Waals surface area contributed by atoms with Crippen LogP contribution in [0.1, 0.15) is 44.3 Å². The lowest BCUT2D eigenvalue weighted by molar-refractivity contribution is -0.120. The average Bonchev–Trinajstić information content (AvgIpc) is 3.50. The van der Waals surface area contributed by atoms with Crippen LogP contribution in [0.4, 0.5) is 14.9 Å². The van der Waals surface area contributed by atoms with Crippen molar-refractivity contribution in [3.63, 3.8) is 0 Å². The predicted octanol–water partition coefficient (Wildman–Crippen LogP) is 6.03. The Hall–Kier alpha value is -5.24. The van der Waals surface area contributed by atoms with Crippen LogP contribution >= 0.6 is 0 Å². The molecule has 4 aromatic carbocycles. The smallest absolute Gasteiger partial charge is 0.332 e. The summed E-state index contributed by atoms with van der Waals surface area (Å²) in [6.45, 7) is 2.06. The average molecular weight is 559 g/mol. The summed E-state index contributed by atoms with van der Waals surface area (Å²) in [7, 11) is 0. The van der Waals surface area contributed by atoms with Crippen molar-refractivity contribution in [2.75, 3.05) is 4.90 Å². The lowest BCUT2D eigenvalue weighted by atomic mass is 9.87. The number of nitrogens with zero attached hydrogens (tertiary/aromatic N) is 2. The highest BCUT2D eigenvalue weighted by atomic mass is 19.1. The minimum atomic E-state index is -0.669. The van der Waals surface area contributed by atoms with Crippen LogP contribution in [-0.2, 0) is 17.8 Å². The summed E-state index contributed by atoms with van der Waals surface area (Å²) in [5.74, 6) is -1.07. The molecule has 208 valence electrons. The Bertz CT molecular complexity index is 1880. The van der Waals surface area contributed by atoms with Gasteiger partial charge in [-0.1, -0.05) is 60.7 Å². The summed E-state index contributed by atoms with van der Waals surface area (Å²) in [6.07, 6.45) is 0.402. The fraction of sp³-hybridized carbons (Fsp3) is 0.147. The van der Waals surface area contributed by atoms with Crippen molar-refractivity contribution in [1.29, 1.82) is 0 Å². The van der Waals surface area contributed by atoms with E-state index < -0.39 is 18.1 Å². The van der Waals surface area contributed by atoms with E-state index in [1.807, 2.05) is 55.5 Å². The van der Waals surface area contributed by atoms with Crippen molar-refractivity contribution >= 4 is 34.4 Å². The fourth-order valence-corrected chi connectivity index (χ4v) is 6.21. The Morgan fingerprint density at radius 1 is 0.929 bits per heavy atom. The number of aryl methyl sites for hydroxylation is 1. The van der Waals surface area contributed by atoms with Gasteiger partial charge in [0.2, 0.25) is 0 Å². The lowest BCUT2D eigenvalue weighted by Gasteiger charge is -2.36. The van der Waals surface area contributed by atoms with E-state index in [1.54, 1.807) is 47.4 Å². The number of carbonyl (C=O) groups is 3. The molecule has 3 heterocycles. The Labute approximate surface area is 241 Å². The zero-order valence-electron chi connectivity index (χ0n) is 22.8. The van der Waals surface area contributed by atoms with Gasteiger partial charge in [0.05, 0.1) is 5.69 Å². The van der Waals surface area contributed by atoms with Gasteiger partial charge in [0.15, 0.2) is 0 Å². The number of halogens is 1. The minimum Gasteiger partial charge on any atom is -0.356 e. The Kier molecular flexibility index (Phi) is 6.12. The second kappa shape index (κ2) is 9.99. The third-order valence-electron chi connectivity index (χ3n) is 8.32. The number of H-pyrrole nitrogens is 1. The summed E-state index contributed by atoms with van der Waals surface area (Å²) in [4.78, 5) is 47.2. The van der Waals surface area contributed by atoms with Crippen LogP contribution in [0.3, 0.4) is 0 Å². The van der Waals surface area contributed by atoms with Gasteiger partial charge in [0.25, 0.3) is 11.8 Å². The summed E-state index contributed by atoms with van der Waals surface area (Å²) >= 11 is 0. The molecule has 8 heteroatoms. The summed E-state index contributed by atoms with van der Waals surface area (Å²) in [6, 6.07) is 27.0. The maximum Gasteiger partial charge on any atom is 0.332 e. The maximum absolute atomic E-state index is 14.1. The number of hydrogen-bond acceptors (Lipinski definition) is 3. The second-order valence-electron chi connectivity index (χ2n) is 10.7. The minimum absolute atomic E-state index is 0.0438. The van der Waals surface area contributed by atoms with Crippen molar-refractivity contribution in [2.24, 2.45) is 0 Å². The molecular formula is C34H27FN4O3. The molecule has 2 unspecified atom stereocenters. The molecule has 42 heavy (non-hydrogen) atoms. The highest BCUT2D eigenvalue weighted by Crippen LogP contribution is 2.45. The van der Waals surface area contributed by atoms with Crippen molar-refractivity contribution in [3.05, 3.63) is 136 Å². The highest BCUT2D eigenvalue weighted by Gasteiger charge is 2.53. The van der Waals surface area contributed by atoms with Gasteiger partial charge in [0, 0.05) is 40.7 Å². The Morgan fingerprint density at radius 2 is 1.64 bits per heavy atom. The van der Waals surface area contributed by atoms with Gasteiger partial charge in [-0.25, -0.2) is 14.1 Å². The molecule has 2 aliphatic heterocycles. The van der Waals surface area contributed by atoms with E-state index in [2.05, 4.69) is 10.3 Å². The number of carbonyl (C=O) groups excluding carboxylic acids is 3. The molecule has 2 aliphatic rings. The van der Waals surface area contributed by atoms with Gasteiger partial charge >= 0.3 is 6.03 Å². The first-order valence-electron chi connectivity index (χ1n) is 13.9. The fourth-order valence-electron chi connectivity index (χ4n) is 6.21. The number of benzene rings is 4. The van der Waals surface area contributed by atoms with E-state index >= 15 is 0 Å². The van der Waals surface area contributed by atoms with E-state index in [4.69, 9.17) is 0 Å². The van der Waals surface area contributed by atoms with E-state index in [0.717, 1.165) is 33.3 Å². The van der Waals surface area contributed by atoms with Gasteiger partial charge in [-0.05, 0) is 60.0 Å². The standard InChI is InChI=1S/C34H27FN4O3/c1-20-8-2-4-10-24(20)31-30-26(25-11-5-7-13-28(25)37-30)18-29-33(41)38(34(42)39(29)31)23-16-14-21(15-17-23)32(40)36-19-22-9-3-6-12-27(22)35/h2-17,29,31,37H,18-19H2,1H3,(H,36,40). The van der Waals surface area contributed by atoms with Gasteiger partial charge in [-0.15, -0.1) is 0 Å². The Morgan fingerprint density at radius 3 is 2.43 bits per heavy atom. The largest absolute Gasteiger partial charge is 0.356 e. The molecule has 2 N–H and O–H groups in total. The van der Waals surface area contributed by atoms with Crippen LogP contribution < -0.4 is 10.2 Å². The molecule has 0 radical (unpaired) electrons. The maximum atomic E-state index is 14.1. The van der Waals surface area contributed by atoms with Crippen LogP contribution in [-0.4, -0.2) is 33.8 Å². The van der Waals surface area contributed by atoms with Crippen LogP contribution in [0.5, 0.6) is 0 Å². The lowest BCUT2D eigenvalue weighted by Crippen LogP contribution is -2.44. The van der Waals surface area contributed by atoms with Gasteiger partial charge < -0.3 is 10.3 Å². The number of para-hydroxylation sites is 1. The van der Waals surface area contributed by atoms with Crippen LogP contribution in [0.15, 0.2) is 97.1 Å². The van der Waals surface area contributed by atoms with Gasteiger partial charge in [-0.3, -0.25) is 14.5 Å². The SMILES string of the molecule is Cc1ccccc1C1c2[nH]c3ccccc3c2CC2C(=O)N(c3ccc(C(=O)NCc4ccccc4F)cc3)C(=O)N21.